The summed E-state index contributed by atoms with van der Waals surface area (Å²) < 4.78 is 63.6. The van der Waals surface area contributed by atoms with Crippen molar-refractivity contribution in [2.75, 3.05) is 26.3 Å². The van der Waals surface area contributed by atoms with Gasteiger partial charge in [-0.05, 0) is 111 Å². The van der Waals surface area contributed by atoms with Gasteiger partial charge in [0.25, 0.3) is 11.8 Å². The number of fused-ring (bicyclic) bond motifs is 16. The largest absolute Gasteiger partial charge is 0.480 e. The van der Waals surface area contributed by atoms with Crippen molar-refractivity contribution in [2.24, 2.45) is 28.4 Å². The summed E-state index contributed by atoms with van der Waals surface area (Å²) in [5, 5.41) is 37.2. The zero-order valence-corrected chi connectivity index (χ0v) is 66.3. The number of amides is 7. The summed E-state index contributed by atoms with van der Waals surface area (Å²) in [6.45, 7) is 18.8. The molecule has 8 aliphatic rings. The fourth-order valence-corrected chi connectivity index (χ4v) is 17.5. The Kier molecular flexibility index (Phi) is 24.5. The van der Waals surface area contributed by atoms with Gasteiger partial charge in [-0.25, -0.2) is 31.2 Å². The summed E-state index contributed by atoms with van der Waals surface area (Å²) in [7, 11) is -7.38. The number of nitrogens with zero attached hydrogens (tertiary/aromatic N) is 8. The maximum absolute atomic E-state index is 14.7. The number of nitrogens with one attached hydrogen (secondary N) is 5. The number of aromatic nitrogens is 6. The van der Waals surface area contributed by atoms with Crippen molar-refractivity contribution < 1.29 is 69.8 Å². The average Bonchev–Trinajstić information content (AvgIpc) is 1.57. The maximum Gasteiger partial charge on any atom is 0.407 e. The molecule has 6 heterocycles. The van der Waals surface area contributed by atoms with E-state index in [1.807, 2.05) is 149 Å². The summed E-state index contributed by atoms with van der Waals surface area (Å²) in [6.07, 6.45) is 15.5. The number of carbonyl (C=O) groups excluding carboxylic acids is 7. The average molecular weight is 1590 g/mol. The van der Waals surface area contributed by atoms with Crippen LogP contribution in [0.4, 0.5) is 9.59 Å². The lowest BCUT2D eigenvalue weighted by Gasteiger charge is -2.35. The number of carboxylic acid groups (broad SMARTS) is 1. The van der Waals surface area contributed by atoms with Crippen LogP contribution >= 0.6 is 0 Å². The van der Waals surface area contributed by atoms with Gasteiger partial charge in [-0.1, -0.05) is 176 Å². The third kappa shape index (κ3) is 19.3. The standard InChI is InChI=1S/C41H49N7O7S.C32H39N5O5.C9H14N2O3S/c1-5-29-24-41(29,38(51)46-56(53,54)31-19-20-31)43-36(49)32-23-30-25-47(32)37(50)35(40(2,3)4)42-39(52)55-21-12-7-6-9-14-26-15-13-18-28(22-26)34-33(44-48(30)45-34)27-16-10-8-11-17-27;1-32(2,3)28-29(38)36-20-24(19-25(36)30(39)40)37-34-26(22-14-8-6-9-15-22)27(35-37)23-16-11-13-21(18-23)12-7-4-5-10-17-42-31(41)33-28;1-2-6-5-9(6,10)8(12)11-15(13,14)7-3-4-7/h5,8-11,13-18,22,29-32,35H,1,6-7,12,19-21,23-25H2,2-4H3,(H,42,52)(H,43,49)(H,46,51);6,8-9,11,13-16,18,24-25,28H,4-5,7,10,12,17,19-20H2,1-3H3,(H,33,41)(H,39,40);2,6-7H,1,3-5,10H2,(H,11,12)/b14-9+;;/t29-,30-,32+,35-,41-;24-,25+,28-;6-,9-/m111/s1. The van der Waals surface area contributed by atoms with Gasteiger partial charge in [-0.3, -0.25) is 33.4 Å². The van der Waals surface area contributed by atoms with Crippen molar-refractivity contribution >= 4 is 73.8 Å². The van der Waals surface area contributed by atoms with E-state index in [9.17, 15) is 60.3 Å². The Morgan fingerprint density at radius 3 is 1.52 bits per heavy atom. The number of nitrogens with two attached hydrogens (primary N) is 1. The molecular weight excluding hydrogens is 1490 g/mol. The topological polar surface area (TPSA) is 398 Å². The van der Waals surface area contributed by atoms with Crippen LogP contribution in [0.25, 0.3) is 51.1 Å². The molecule has 12 bridgehead atoms. The quantitative estimate of drug-likeness (QED) is 0.0529. The summed E-state index contributed by atoms with van der Waals surface area (Å²) in [4.78, 5) is 112. The number of carbonyl (C=O) groups is 8. The number of ether oxygens (including phenoxy) is 2. The predicted molar refractivity (Wildman–Crippen MR) is 423 cm³/mol. The minimum absolute atomic E-state index is 0.00545. The van der Waals surface area contributed by atoms with E-state index in [4.69, 9.17) is 35.6 Å². The number of alkyl carbamates (subject to hydrolysis) is 2. The van der Waals surface area contributed by atoms with Gasteiger partial charge in [-0.2, -0.15) is 30.0 Å². The zero-order chi connectivity index (χ0) is 81.0. The molecule has 4 aliphatic carbocycles. The van der Waals surface area contributed by atoms with E-state index in [1.165, 1.54) is 21.4 Å². The Labute approximate surface area is 658 Å². The molecule has 4 saturated carbocycles. The van der Waals surface area contributed by atoms with Gasteiger partial charge in [0.15, 0.2) is 0 Å². The highest BCUT2D eigenvalue weighted by Gasteiger charge is 2.62. The van der Waals surface area contributed by atoms with E-state index >= 15 is 0 Å². The number of allylic oxidation sites excluding steroid dienone is 1. The Balaban J connectivity index is 0.000000181. The minimum atomic E-state index is -3.91. The van der Waals surface area contributed by atoms with Gasteiger partial charge in [0.1, 0.15) is 58.0 Å². The van der Waals surface area contributed by atoms with Crippen LogP contribution in [-0.4, -0.2) is 181 Å². The molecule has 0 spiro atoms. The Hall–Kier alpha value is -10.4. The van der Waals surface area contributed by atoms with Crippen LogP contribution in [0.2, 0.25) is 0 Å². The van der Waals surface area contributed by atoms with Crippen LogP contribution in [0.3, 0.4) is 0 Å². The van der Waals surface area contributed by atoms with E-state index in [0.29, 0.717) is 61.3 Å². The van der Waals surface area contributed by atoms with E-state index < -0.39 is 142 Å². The maximum atomic E-state index is 14.7. The van der Waals surface area contributed by atoms with Crippen LogP contribution in [0, 0.1) is 22.7 Å². The van der Waals surface area contributed by atoms with Crippen LogP contribution in [0.5, 0.6) is 0 Å². The smallest absolute Gasteiger partial charge is 0.407 e. The van der Waals surface area contributed by atoms with E-state index in [2.05, 4.69) is 52.0 Å². The molecule has 10 atom stereocenters. The van der Waals surface area contributed by atoms with E-state index in [1.54, 1.807) is 15.7 Å². The van der Waals surface area contributed by atoms with E-state index in [-0.39, 0.29) is 51.5 Å². The summed E-state index contributed by atoms with van der Waals surface area (Å²) in [5.41, 5.74) is 9.99. The van der Waals surface area contributed by atoms with Crippen LogP contribution in [-0.2, 0) is 64.7 Å². The molecule has 0 radical (unpaired) electrons. The van der Waals surface area contributed by atoms with Crippen LogP contribution in [0.1, 0.15) is 161 Å². The molecule has 4 aromatic carbocycles. The molecule has 602 valence electrons. The van der Waals surface area contributed by atoms with Crippen molar-refractivity contribution in [2.45, 2.75) is 202 Å². The van der Waals surface area contributed by atoms with Gasteiger partial charge in [0.2, 0.25) is 37.8 Å². The summed E-state index contributed by atoms with van der Waals surface area (Å²) >= 11 is 0. The molecule has 14 rings (SSSR count). The van der Waals surface area contributed by atoms with Crippen LogP contribution in [0.15, 0.2) is 141 Å². The fourth-order valence-electron chi connectivity index (χ4n) is 14.7. The number of hydrogen-bond donors (Lipinski definition) is 7. The third-order valence-corrected chi connectivity index (χ3v) is 25.6. The number of benzene rings is 4. The summed E-state index contributed by atoms with van der Waals surface area (Å²) in [5.74, 6) is -4.80. The number of sulfonamides is 2. The first kappa shape index (κ1) is 82.1. The number of aryl methyl sites for hydroxylation is 1. The second kappa shape index (κ2) is 33.7. The molecule has 31 heteroatoms. The summed E-state index contributed by atoms with van der Waals surface area (Å²) in [6, 6.07) is 30.4. The first-order valence-electron chi connectivity index (χ1n) is 38.8. The van der Waals surface area contributed by atoms with Crippen molar-refractivity contribution in [1.29, 1.82) is 0 Å². The lowest BCUT2D eigenvalue weighted by atomic mass is 9.85. The molecule has 6 aromatic rings. The monoisotopic (exact) mass is 1590 g/mol. The van der Waals surface area contributed by atoms with Gasteiger partial charge < -0.3 is 46.1 Å². The number of cyclic esters (lactones) is 2. The minimum Gasteiger partial charge on any atom is -0.480 e. The molecule has 7 amide bonds. The number of carboxylic acids is 1. The SMILES string of the molecule is C=C[C@@H]1C[C@]1(N)C(=O)NS(=O)(=O)C1CC1.C=C[C@@H]1C[C@]1(NC(=O)[C@@H]1C[C@@H]2CN1C(=O)[C@H](C(C)(C)C)NC(=O)OCCCC/C=C/c1cccc(c1)-c1nn2nc1-c1ccccc1)C(=O)NS(=O)(=O)C1CC1.CC(C)(C)[C@@H]1NC(=O)OCCCCCCc2cccc(c2)-c2nn(nc2-c2ccccc2)[C@@H]2C[C@@H](C(=O)O)N(C2)C1=O. The lowest BCUT2D eigenvalue weighted by Crippen LogP contribution is -2.60. The van der Waals surface area contributed by atoms with Gasteiger partial charge >= 0.3 is 18.2 Å². The molecular formula is C82H102N14O15S2. The first-order chi connectivity index (χ1) is 53.7. The molecule has 8 N–H and O–H groups in total. The zero-order valence-electron chi connectivity index (χ0n) is 64.7. The van der Waals surface area contributed by atoms with Crippen molar-refractivity contribution in [3.05, 3.63) is 152 Å². The Morgan fingerprint density at radius 2 is 1.04 bits per heavy atom. The molecule has 2 aromatic heterocycles. The highest BCUT2D eigenvalue weighted by atomic mass is 32.2. The number of hydrogen-bond acceptors (Lipinski definition) is 19. The Bertz CT molecular complexity index is 4860. The lowest BCUT2D eigenvalue weighted by molar-refractivity contribution is -0.150. The second-order valence-electron chi connectivity index (χ2n) is 32.8. The molecule has 4 aliphatic heterocycles. The number of aliphatic carboxylic acids is 1. The molecule has 113 heavy (non-hydrogen) atoms. The predicted octanol–water partition coefficient (Wildman–Crippen LogP) is 9.36. The molecule has 2 saturated heterocycles. The van der Waals surface area contributed by atoms with Crippen molar-refractivity contribution in [3.8, 4) is 45.0 Å². The Morgan fingerprint density at radius 1 is 0.575 bits per heavy atom. The van der Waals surface area contributed by atoms with E-state index in [0.717, 1.165) is 72.8 Å². The second-order valence-corrected chi connectivity index (χ2v) is 36.7. The highest BCUT2D eigenvalue weighted by molar-refractivity contribution is 7.91. The normalized spacial score (nSPS) is 25.9. The molecule has 29 nitrogen and oxygen atoms in total. The van der Waals surface area contributed by atoms with Crippen LogP contribution < -0.4 is 31.1 Å². The number of rotatable bonds is 13. The van der Waals surface area contributed by atoms with Gasteiger partial charge in [-0.15, -0.1) is 13.2 Å². The highest BCUT2D eigenvalue weighted by Crippen LogP contribution is 2.47. The van der Waals surface area contributed by atoms with Gasteiger partial charge in [0, 0.05) is 60.0 Å². The fraction of sp³-hybridized carbons (Fsp3) is 0.488. The molecule has 0 unspecified atom stereocenters. The van der Waals surface area contributed by atoms with Crippen molar-refractivity contribution in [3.63, 3.8) is 0 Å². The first-order valence-corrected chi connectivity index (χ1v) is 41.9. The van der Waals surface area contributed by atoms with Crippen molar-refractivity contribution in [1.82, 2.24) is 65.2 Å². The third-order valence-electron chi connectivity index (χ3n) is 21.9. The molecule has 6 fully saturated rings. The van der Waals surface area contributed by atoms with Gasteiger partial charge in [0.05, 0.1) is 35.8 Å².